The van der Waals surface area contributed by atoms with E-state index in [0.29, 0.717) is 44.1 Å². The van der Waals surface area contributed by atoms with Gasteiger partial charge < -0.3 is 20.5 Å². The molecule has 0 bridgehead atoms. The lowest BCUT2D eigenvalue weighted by Gasteiger charge is -2.38. The Morgan fingerprint density at radius 1 is 1.36 bits per heavy atom. The van der Waals surface area contributed by atoms with Gasteiger partial charge in [-0.05, 0) is 32.6 Å². The number of nitrogens with two attached hydrogens (primary N) is 1. The van der Waals surface area contributed by atoms with Crippen LogP contribution in [0.4, 0.5) is 5.82 Å². The van der Waals surface area contributed by atoms with E-state index in [1.54, 1.807) is 13.0 Å². The third-order valence-corrected chi connectivity index (χ3v) is 5.23. The van der Waals surface area contributed by atoms with Crippen LogP contribution in [-0.2, 0) is 9.59 Å². The standard InChI is InChI=1S/C17H28N4O3.ClH/c1-4-17(5-2,11-18)16(23)21-8-6-13(7-9-21)15(22)19-14-10-12(3)24-20-14;/h10,13H,4-9,11,18H2,1-3H3,(H,19,20,22);1H. The molecule has 1 aromatic rings. The Hall–Kier alpha value is -1.60. The molecule has 1 aliphatic heterocycles. The van der Waals surface area contributed by atoms with Gasteiger partial charge in [0.1, 0.15) is 5.76 Å². The molecule has 2 heterocycles. The number of hydrogen-bond acceptors (Lipinski definition) is 5. The van der Waals surface area contributed by atoms with Crippen molar-refractivity contribution in [3.63, 3.8) is 0 Å². The second-order valence-electron chi connectivity index (χ2n) is 6.57. The average molecular weight is 373 g/mol. The fraction of sp³-hybridized carbons (Fsp3) is 0.706. The van der Waals surface area contributed by atoms with Gasteiger partial charge in [-0.2, -0.15) is 0 Å². The Morgan fingerprint density at radius 2 is 1.96 bits per heavy atom. The van der Waals surface area contributed by atoms with E-state index in [0.717, 1.165) is 12.8 Å². The molecule has 1 saturated heterocycles. The highest BCUT2D eigenvalue weighted by Crippen LogP contribution is 2.30. The third kappa shape index (κ3) is 4.73. The first kappa shape index (κ1) is 21.4. The minimum absolute atomic E-state index is 0. The van der Waals surface area contributed by atoms with E-state index >= 15 is 0 Å². The van der Waals surface area contributed by atoms with E-state index in [-0.39, 0.29) is 30.1 Å². The van der Waals surface area contributed by atoms with E-state index in [2.05, 4.69) is 10.5 Å². The lowest BCUT2D eigenvalue weighted by molar-refractivity contribution is -0.144. The molecule has 7 nitrogen and oxygen atoms in total. The van der Waals surface area contributed by atoms with E-state index in [9.17, 15) is 9.59 Å². The number of likely N-dealkylation sites (tertiary alicyclic amines) is 1. The molecule has 142 valence electrons. The zero-order chi connectivity index (χ0) is 17.7. The SMILES string of the molecule is CCC(CC)(CN)C(=O)N1CCC(C(=O)Nc2cc(C)on2)CC1.Cl. The predicted molar refractivity (Wildman–Crippen MR) is 98.5 cm³/mol. The molecule has 0 aromatic carbocycles. The lowest BCUT2D eigenvalue weighted by atomic mass is 9.80. The first-order valence-corrected chi connectivity index (χ1v) is 8.69. The number of nitrogens with zero attached hydrogens (tertiary/aromatic N) is 2. The minimum atomic E-state index is -0.465. The summed E-state index contributed by atoms with van der Waals surface area (Å²) in [5, 5.41) is 6.55. The van der Waals surface area contributed by atoms with Crippen LogP contribution in [0, 0.1) is 18.3 Å². The van der Waals surface area contributed by atoms with Gasteiger partial charge >= 0.3 is 0 Å². The molecule has 3 N–H and O–H groups in total. The number of carbonyl (C=O) groups excluding carboxylic acids is 2. The number of carbonyl (C=O) groups is 2. The van der Waals surface area contributed by atoms with Crippen molar-refractivity contribution >= 4 is 30.0 Å². The van der Waals surface area contributed by atoms with Crippen LogP contribution >= 0.6 is 12.4 Å². The van der Waals surface area contributed by atoms with Gasteiger partial charge in [0.05, 0.1) is 5.41 Å². The molecule has 0 saturated carbocycles. The smallest absolute Gasteiger partial charge is 0.230 e. The van der Waals surface area contributed by atoms with E-state index in [4.69, 9.17) is 10.3 Å². The maximum absolute atomic E-state index is 12.8. The summed E-state index contributed by atoms with van der Waals surface area (Å²) in [5.41, 5.74) is 5.41. The minimum Gasteiger partial charge on any atom is -0.360 e. The molecule has 25 heavy (non-hydrogen) atoms. The summed E-state index contributed by atoms with van der Waals surface area (Å²) in [4.78, 5) is 27.0. The van der Waals surface area contributed by atoms with Crippen LogP contribution < -0.4 is 11.1 Å². The van der Waals surface area contributed by atoms with Crippen molar-refractivity contribution in [1.82, 2.24) is 10.1 Å². The summed E-state index contributed by atoms with van der Waals surface area (Å²) in [7, 11) is 0. The number of aryl methyl sites for hydroxylation is 1. The normalized spacial score (nSPS) is 15.6. The number of piperidine rings is 1. The summed E-state index contributed by atoms with van der Waals surface area (Å²) in [6.07, 6.45) is 2.79. The van der Waals surface area contributed by atoms with Crippen molar-refractivity contribution in [2.75, 3.05) is 25.0 Å². The molecule has 0 unspecified atom stereocenters. The van der Waals surface area contributed by atoms with Crippen molar-refractivity contribution in [3.8, 4) is 0 Å². The monoisotopic (exact) mass is 372 g/mol. The molecule has 0 aliphatic carbocycles. The Bertz CT molecular complexity index is 570. The van der Waals surface area contributed by atoms with Gasteiger partial charge in [0.2, 0.25) is 11.8 Å². The van der Waals surface area contributed by atoms with Gasteiger partial charge in [0.15, 0.2) is 5.82 Å². The van der Waals surface area contributed by atoms with Gasteiger partial charge in [0, 0.05) is 31.6 Å². The Labute approximate surface area is 155 Å². The van der Waals surface area contributed by atoms with Crippen molar-refractivity contribution in [3.05, 3.63) is 11.8 Å². The molecule has 0 radical (unpaired) electrons. The lowest BCUT2D eigenvalue weighted by Crippen LogP contribution is -2.50. The second kappa shape index (κ2) is 9.20. The van der Waals surface area contributed by atoms with Gasteiger partial charge in [0.25, 0.3) is 0 Å². The number of aromatic nitrogens is 1. The van der Waals surface area contributed by atoms with Gasteiger partial charge in [-0.3, -0.25) is 9.59 Å². The molecule has 2 rings (SSSR count). The molecule has 0 atom stereocenters. The quantitative estimate of drug-likeness (QED) is 0.798. The topological polar surface area (TPSA) is 101 Å². The summed E-state index contributed by atoms with van der Waals surface area (Å²) in [6.45, 7) is 7.35. The number of rotatable bonds is 6. The largest absolute Gasteiger partial charge is 0.360 e. The number of hydrogen-bond donors (Lipinski definition) is 2. The van der Waals surface area contributed by atoms with E-state index in [1.807, 2.05) is 18.7 Å². The number of nitrogens with one attached hydrogen (secondary N) is 1. The van der Waals surface area contributed by atoms with Crippen LogP contribution in [0.2, 0.25) is 0 Å². The third-order valence-electron chi connectivity index (χ3n) is 5.23. The number of anilines is 1. The van der Waals surface area contributed by atoms with Gasteiger partial charge in [-0.1, -0.05) is 19.0 Å². The fourth-order valence-electron chi connectivity index (χ4n) is 3.26. The molecule has 2 amide bonds. The molecular weight excluding hydrogens is 344 g/mol. The Morgan fingerprint density at radius 3 is 2.40 bits per heavy atom. The van der Waals surface area contributed by atoms with Crippen LogP contribution in [0.1, 0.15) is 45.3 Å². The van der Waals surface area contributed by atoms with E-state index < -0.39 is 5.41 Å². The Kier molecular flexibility index (Phi) is 7.89. The summed E-state index contributed by atoms with van der Waals surface area (Å²) in [6, 6.07) is 1.69. The zero-order valence-corrected chi connectivity index (χ0v) is 16.0. The van der Waals surface area contributed by atoms with Crippen LogP contribution in [0.3, 0.4) is 0 Å². The zero-order valence-electron chi connectivity index (χ0n) is 15.2. The molecular formula is C17H29ClN4O3. The molecule has 1 aliphatic rings. The number of amides is 2. The average Bonchev–Trinajstić information content (AvgIpc) is 3.01. The Balaban J connectivity index is 0.00000312. The molecule has 0 spiro atoms. The summed E-state index contributed by atoms with van der Waals surface area (Å²) >= 11 is 0. The molecule has 1 fully saturated rings. The van der Waals surface area contributed by atoms with Crippen molar-refractivity contribution < 1.29 is 14.1 Å². The molecule has 1 aromatic heterocycles. The van der Waals surface area contributed by atoms with Crippen molar-refractivity contribution in [1.29, 1.82) is 0 Å². The van der Waals surface area contributed by atoms with Crippen molar-refractivity contribution in [2.45, 2.75) is 46.5 Å². The maximum atomic E-state index is 12.8. The van der Waals surface area contributed by atoms with Crippen LogP contribution in [0.15, 0.2) is 10.6 Å². The van der Waals surface area contributed by atoms with E-state index in [1.165, 1.54) is 0 Å². The predicted octanol–water partition coefficient (Wildman–Crippen LogP) is 2.35. The fourth-order valence-corrected chi connectivity index (χ4v) is 3.26. The first-order chi connectivity index (χ1) is 11.5. The first-order valence-electron chi connectivity index (χ1n) is 8.69. The summed E-state index contributed by atoms with van der Waals surface area (Å²) in [5.74, 6) is 1.05. The highest BCUT2D eigenvalue weighted by atomic mass is 35.5. The van der Waals surface area contributed by atoms with Crippen molar-refractivity contribution in [2.24, 2.45) is 17.1 Å². The van der Waals surface area contributed by atoms with Crippen LogP contribution in [0.5, 0.6) is 0 Å². The van der Waals surface area contributed by atoms with Gasteiger partial charge in [-0.25, -0.2) is 0 Å². The highest BCUT2D eigenvalue weighted by molar-refractivity contribution is 5.92. The number of halogens is 1. The molecule has 8 heteroatoms. The van der Waals surface area contributed by atoms with Crippen LogP contribution in [-0.4, -0.2) is 41.5 Å². The van der Waals surface area contributed by atoms with Crippen LogP contribution in [0.25, 0.3) is 0 Å². The second-order valence-corrected chi connectivity index (χ2v) is 6.57. The highest BCUT2D eigenvalue weighted by Gasteiger charge is 2.38. The maximum Gasteiger partial charge on any atom is 0.230 e. The summed E-state index contributed by atoms with van der Waals surface area (Å²) < 4.78 is 4.95. The van der Waals surface area contributed by atoms with Gasteiger partial charge in [-0.15, -0.1) is 12.4 Å².